The number of ether oxygens (including phenoxy) is 1. The molecule has 0 aliphatic rings. The van der Waals surface area contributed by atoms with Crippen molar-refractivity contribution in [2.75, 3.05) is 7.05 Å². The Morgan fingerprint density at radius 1 is 1.47 bits per heavy atom. The molecule has 0 bridgehead atoms. The van der Waals surface area contributed by atoms with Crippen LogP contribution in [0, 0.1) is 11.3 Å². The Bertz CT molecular complexity index is 379. The van der Waals surface area contributed by atoms with E-state index >= 15 is 0 Å². The first-order valence-corrected chi connectivity index (χ1v) is 4.55. The van der Waals surface area contributed by atoms with Crippen molar-refractivity contribution in [1.29, 1.82) is 5.26 Å². The molecule has 1 aromatic carbocycles. The molecule has 0 aromatic heterocycles. The van der Waals surface area contributed by atoms with Crippen molar-refractivity contribution >= 4 is 5.91 Å². The standard InChI is InChI=1S/C11H12N2O2/c1-8(11(14)13-2)15-10-5-3-9(7-12)4-6-10/h3-6,8H,1-2H3,(H,13,14)/t8-/m1/s1. The van der Waals surface area contributed by atoms with Crippen molar-refractivity contribution in [3.8, 4) is 11.8 Å². The van der Waals surface area contributed by atoms with Gasteiger partial charge in [-0.15, -0.1) is 0 Å². The van der Waals surface area contributed by atoms with Crippen LogP contribution in [0.4, 0.5) is 0 Å². The Morgan fingerprint density at radius 3 is 2.53 bits per heavy atom. The van der Waals surface area contributed by atoms with Crippen LogP contribution >= 0.6 is 0 Å². The molecule has 0 unspecified atom stereocenters. The van der Waals surface area contributed by atoms with Crippen LogP contribution in [0.5, 0.6) is 5.75 Å². The number of rotatable bonds is 3. The van der Waals surface area contributed by atoms with Crippen molar-refractivity contribution < 1.29 is 9.53 Å². The first-order chi connectivity index (χ1) is 7.17. The zero-order valence-electron chi connectivity index (χ0n) is 8.65. The predicted molar refractivity (Wildman–Crippen MR) is 55.3 cm³/mol. The fourth-order valence-electron chi connectivity index (χ4n) is 1.07. The van der Waals surface area contributed by atoms with E-state index < -0.39 is 6.10 Å². The van der Waals surface area contributed by atoms with Gasteiger partial charge < -0.3 is 10.1 Å². The zero-order chi connectivity index (χ0) is 11.3. The number of carbonyl (C=O) groups excluding carboxylic acids is 1. The molecule has 78 valence electrons. The van der Waals surface area contributed by atoms with Gasteiger partial charge in [0.05, 0.1) is 11.6 Å². The Morgan fingerprint density at radius 2 is 2.07 bits per heavy atom. The van der Waals surface area contributed by atoms with Crippen LogP contribution < -0.4 is 10.1 Å². The lowest BCUT2D eigenvalue weighted by molar-refractivity contribution is -0.126. The Hall–Kier alpha value is -2.02. The van der Waals surface area contributed by atoms with E-state index in [2.05, 4.69) is 5.32 Å². The molecule has 1 rings (SSSR count). The Balaban J connectivity index is 2.66. The third-order valence-corrected chi connectivity index (χ3v) is 1.91. The molecule has 4 nitrogen and oxygen atoms in total. The van der Waals surface area contributed by atoms with Crippen molar-refractivity contribution in [1.82, 2.24) is 5.32 Å². The summed E-state index contributed by atoms with van der Waals surface area (Å²) < 4.78 is 5.35. The van der Waals surface area contributed by atoms with E-state index in [9.17, 15) is 4.79 Å². The minimum absolute atomic E-state index is 0.181. The minimum Gasteiger partial charge on any atom is -0.481 e. The highest BCUT2D eigenvalue weighted by molar-refractivity contribution is 5.80. The molecule has 0 saturated heterocycles. The molecule has 0 fully saturated rings. The van der Waals surface area contributed by atoms with Gasteiger partial charge in [-0.1, -0.05) is 0 Å². The maximum absolute atomic E-state index is 11.2. The van der Waals surface area contributed by atoms with E-state index in [1.807, 2.05) is 6.07 Å². The average Bonchev–Trinajstić information content (AvgIpc) is 2.29. The summed E-state index contributed by atoms with van der Waals surface area (Å²) in [6, 6.07) is 8.63. The average molecular weight is 204 g/mol. The van der Waals surface area contributed by atoms with E-state index in [4.69, 9.17) is 10.00 Å². The first-order valence-electron chi connectivity index (χ1n) is 4.55. The number of amides is 1. The highest BCUT2D eigenvalue weighted by atomic mass is 16.5. The summed E-state index contributed by atoms with van der Waals surface area (Å²) >= 11 is 0. The third-order valence-electron chi connectivity index (χ3n) is 1.91. The molecule has 1 atom stereocenters. The van der Waals surface area contributed by atoms with Gasteiger partial charge in [-0.25, -0.2) is 0 Å². The second-order valence-corrected chi connectivity index (χ2v) is 3.01. The van der Waals surface area contributed by atoms with Gasteiger partial charge in [-0.2, -0.15) is 5.26 Å². The lowest BCUT2D eigenvalue weighted by Crippen LogP contribution is -2.33. The van der Waals surface area contributed by atoms with Gasteiger partial charge in [0.2, 0.25) is 0 Å². The summed E-state index contributed by atoms with van der Waals surface area (Å²) in [6.45, 7) is 1.66. The number of hydrogen-bond acceptors (Lipinski definition) is 3. The smallest absolute Gasteiger partial charge is 0.260 e. The number of benzene rings is 1. The molecule has 1 aromatic rings. The number of likely N-dealkylation sites (N-methyl/N-ethyl adjacent to an activating group) is 1. The molecule has 0 saturated carbocycles. The summed E-state index contributed by atoms with van der Waals surface area (Å²) in [4.78, 5) is 11.2. The normalized spacial score (nSPS) is 11.3. The molecule has 1 N–H and O–H groups in total. The van der Waals surface area contributed by atoms with Crippen molar-refractivity contribution in [2.24, 2.45) is 0 Å². The fourth-order valence-corrected chi connectivity index (χ4v) is 1.07. The van der Waals surface area contributed by atoms with Crippen molar-refractivity contribution in [3.05, 3.63) is 29.8 Å². The van der Waals surface area contributed by atoms with Gasteiger partial charge in [0, 0.05) is 7.05 Å². The van der Waals surface area contributed by atoms with Crippen molar-refractivity contribution in [3.63, 3.8) is 0 Å². The molecule has 15 heavy (non-hydrogen) atoms. The molecule has 0 spiro atoms. The molecular formula is C11H12N2O2. The van der Waals surface area contributed by atoms with Crippen LogP contribution in [0.3, 0.4) is 0 Å². The quantitative estimate of drug-likeness (QED) is 0.801. The molecular weight excluding hydrogens is 192 g/mol. The summed E-state index contributed by atoms with van der Waals surface area (Å²) in [5, 5.41) is 11.1. The Labute approximate surface area is 88.5 Å². The monoisotopic (exact) mass is 204 g/mol. The summed E-state index contributed by atoms with van der Waals surface area (Å²) in [6.07, 6.45) is -0.539. The van der Waals surface area contributed by atoms with Gasteiger partial charge in [0.25, 0.3) is 5.91 Å². The zero-order valence-corrected chi connectivity index (χ0v) is 8.65. The lowest BCUT2D eigenvalue weighted by Gasteiger charge is -2.12. The molecule has 4 heteroatoms. The second-order valence-electron chi connectivity index (χ2n) is 3.01. The van der Waals surface area contributed by atoms with Crippen LogP contribution in [0.25, 0.3) is 0 Å². The Kier molecular flexibility index (Phi) is 3.69. The van der Waals surface area contributed by atoms with Crippen LogP contribution in [0.2, 0.25) is 0 Å². The molecule has 0 heterocycles. The van der Waals surface area contributed by atoms with Gasteiger partial charge in [-0.05, 0) is 31.2 Å². The highest BCUT2D eigenvalue weighted by Gasteiger charge is 2.11. The summed E-state index contributed by atoms with van der Waals surface area (Å²) in [5.74, 6) is 0.393. The van der Waals surface area contributed by atoms with Crippen LogP contribution in [0.1, 0.15) is 12.5 Å². The van der Waals surface area contributed by atoms with Gasteiger partial charge >= 0.3 is 0 Å². The fraction of sp³-hybridized carbons (Fsp3) is 0.273. The second kappa shape index (κ2) is 5.01. The number of nitrogens with zero attached hydrogens (tertiary/aromatic N) is 1. The topological polar surface area (TPSA) is 62.1 Å². The van der Waals surface area contributed by atoms with E-state index in [0.717, 1.165) is 0 Å². The number of nitrogens with one attached hydrogen (secondary N) is 1. The molecule has 1 amide bonds. The van der Waals surface area contributed by atoms with E-state index in [0.29, 0.717) is 11.3 Å². The summed E-state index contributed by atoms with van der Waals surface area (Å²) in [5.41, 5.74) is 0.565. The minimum atomic E-state index is -0.539. The van der Waals surface area contributed by atoms with Gasteiger partial charge in [-0.3, -0.25) is 4.79 Å². The maximum Gasteiger partial charge on any atom is 0.260 e. The summed E-state index contributed by atoms with van der Waals surface area (Å²) in [7, 11) is 1.56. The lowest BCUT2D eigenvalue weighted by atomic mass is 10.2. The predicted octanol–water partition coefficient (Wildman–Crippen LogP) is 1.07. The van der Waals surface area contributed by atoms with Crippen LogP contribution in [-0.2, 0) is 4.79 Å². The SMILES string of the molecule is CNC(=O)[C@@H](C)Oc1ccc(C#N)cc1. The maximum atomic E-state index is 11.2. The molecule has 0 radical (unpaired) electrons. The third kappa shape index (κ3) is 2.99. The van der Waals surface area contributed by atoms with Crippen LogP contribution in [0.15, 0.2) is 24.3 Å². The molecule has 0 aliphatic heterocycles. The largest absolute Gasteiger partial charge is 0.481 e. The highest BCUT2D eigenvalue weighted by Crippen LogP contribution is 2.13. The number of nitriles is 1. The van der Waals surface area contributed by atoms with Crippen molar-refractivity contribution in [2.45, 2.75) is 13.0 Å². The van der Waals surface area contributed by atoms with E-state index in [-0.39, 0.29) is 5.91 Å². The molecule has 0 aliphatic carbocycles. The van der Waals surface area contributed by atoms with Crippen LogP contribution in [-0.4, -0.2) is 19.1 Å². The first kappa shape index (κ1) is 11.1. The van der Waals surface area contributed by atoms with Gasteiger partial charge in [0.15, 0.2) is 6.10 Å². The van der Waals surface area contributed by atoms with Gasteiger partial charge in [0.1, 0.15) is 5.75 Å². The van der Waals surface area contributed by atoms with E-state index in [1.54, 1.807) is 38.2 Å². The number of carbonyl (C=O) groups is 1. The van der Waals surface area contributed by atoms with E-state index in [1.165, 1.54) is 0 Å². The number of hydrogen-bond donors (Lipinski definition) is 1.